The minimum atomic E-state index is 0.0405. The third kappa shape index (κ3) is 3.03. The SMILES string of the molecule is CCCCC(=O)OC1CC2CC(C2(C)C)C1(C)C1(C)C2CC(CC1C1(C)CCC3CC1C3(C)C)C2(C)C. The molecule has 9 aliphatic rings. The van der Waals surface area contributed by atoms with Gasteiger partial charge in [0.15, 0.2) is 0 Å². The molecule has 0 aliphatic heterocycles. The lowest BCUT2D eigenvalue weighted by Gasteiger charge is -2.81. The third-order valence-corrected chi connectivity index (χ3v) is 16.1. The van der Waals surface area contributed by atoms with Crippen molar-refractivity contribution in [2.75, 3.05) is 0 Å². The lowest BCUT2D eigenvalue weighted by atomic mass is 9.23. The van der Waals surface area contributed by atoms with Gasteiger partial charge in [0, 0.05) is 11.8 Å². The molecular formula is C35H58O2. The average Bonchev–Trinajstić information content (AvgIpc) is 2.82. The van der Waals surface area contributed by atoms with Crippen LogP contribution in [-0.4, -0.2) is 12.1 Å². The van der Waals surface area contributed by atoms with E-state index in [1.807, 2.05) is 0 Å². The summed E-state index contributed by atoms with van der Waals surface area (Å²) in [7, 11) is 0. The van der Waals surface area contributed by atoms with Crippen LogP contribution in [0, 0.1) is 73.9 Å². The highest BCUT2D eigenvalue weighted by Crippen LogP contribution is 2.83. The molecule has 0 amide bonds. The van der Waals surface area contributed by atoms with Gasteiger partial charge < -0.3 is 4.74 Å². The standard InChI is InChI=1S/C35H58O2/c1-11-12-13-29(36)37-28-20-23-18-26(32(23,6)7)35(28,10)34(9)25-17-22(31(25,4)5)19-27(34)33(8)15-14-21-16-24(33)30(21,2)3/h21-28H,11-20H2,1-10H3. The van der Waals surface area contributed by atoms with E-state index in [0.717, 1.165) is 48.9 Å². The van der Waals surface area contributed by atoms with Crippen LogP contribution in [0.3, 0.4) is 0 Å². The van der Waals surface area contributed by atoms with Gasteiger partial charge in [-0.05, 0) is 120 Å². The summed E-state index contributed by atoms with van der Waals surface area (Å²) < 4.78 is 6.66. The molecule has 0 radical (unpaired) electrons. The molecule has 0 aromatic rings. The van der Waals surface area contributed by atoms with E-state index in [-0.39, 0.29) is 22.9 Å². The molecule has 0 heterocycles. The van der Waals surface area contributed by atoms with Crippen LogP contribution in [0.1, 0.15) is 133 Å². The molecule has 11 atom stereocenters. The van der Waals surface area contributed by atoms with E-state index < -0.39 is 0 Å². The molecule has 9 fully saturated rings. The van der Waals surface area contributed by atoms with Crippen LogP contribution in [-0.2, 0) is 9.53 Å². The fourth-order valence-electron chi connectivity index (χ4n) is 13.2. The molecule has 9 saturated carbocycles. The van der Waals surface area contributed by atoms with Crippen molar-refractivity contribution in [3.8, 4) is 0 Å². The van der Waals surface area contributed by atoms with Crippen molar-refractivity contribution in [1.29, 1.82) is 0 Å². The number of rotatable bonds is 6. The predicted molar refractivity (Wildman–Crippen MR) is 152 cm³/mol. The Morgan fingerprint density at radius 1 is 0.676 bits per heavy atom. The molecule has 210 valence electrons. The zero-order valence-electron chi connectivity index (χ0n) is 26.0. The minimum Gasteiger partial charge on any atom is -0.462 e. The predicted octanol–water partition coefficient (Wildman–Crippen LogP) is 9.31. The topological polar surface area (TPSA) is 26.3 Å². The fourth-order valence-corrected chi connectivity index (χ4v) is 13.2. The highest BCUT2D eigenvalue weighted by Gasteiger charge is 2.79. The Hall–Kier alpha value is -0.530. The molecule has 0 aromatic carbocycles. The van der Waals surface area contributed by atoms with Gasteiger partial charge in [-0.15, -0.1) is 0 Å². The summed E-state index contributed by atoms with van der Waals surface area (Å²) in [5.41, 5.74) is 1.89. The van der Waals surface area contributed by atoms with E-state index in [4.69, 9.17) is 4.74 Å². The van der Waals surface area contributed by atoms with Crippen LogP contribution >= 0.6 is 0 Å². The molecule has 37 heavy (non-hydrogen) atoms. The summed E-state index contributed by atoms with van der Waals surface area (Å²) in [6.45, 7) is 25.8. The van der Waals surface area contributed by atoms with Gasteiger partial charge >= 0.3 is 5.97 Å². The van der Waals surface area contributed by atoms with Crippen LogP contribution < -0.4 is 0 Å². The van der Waals surface area contributed by atoms with Gasteiger partial charge in [0.05, 0.1) is 0 Å². The van der Waals surface area contributed by atoms with E-state index in [2.05, 4.69) is 69.2 Å². The second-order valence-corrected chi connectivity index (χ2v) is 17.6. The maximum Gasteiger partial charge on any atom is 0.306 e. The molecule has 0 spiro atoms. The summed E-state index contributed by atoms with van der Waals surface area (Å²) in [6, 6.07) is 0. The largest absolute Gasteiger partial charge is 0.462 e. The van der Waals surface area contributed by atoms with E-state index in [0.29, 0.717) is 39.9 Å². The van der Waals surface area contributed by atoms with Crippen molar-refractivity contribution in [3.63, 3.8) is 0 Å². The summed E-state index contributed by atoms with van der Waals surface area (Å²) in [5.74, 6) is 5.56. The van der Waals surface area contributed by atoms with Crippen molar-refractivity contribution in [2.45, 2.75) is 140 Å². The Balaban J connectivity index is 1.46. The second-order valence-electron chi connectivity index (χ2n) is 17.6. The van der Waals surface area contributed by atoms with E-state index >= 15 is 0 Å². The summed E-state index contributed by atoms with van der Waals surface area (Å²) >= 11 is 0. The molecule has 2 heteroatoms. The number of carbonyl (C=O) groups is 1. The van der Waals surface area contributed by atoms with Crippen LogP contribution in [0.2, 0.25) is 0 Å². The molecule has 0 aromatic heterocycles. The summed E-state index contributed by atoms with van der Waals surface area (Å²) in [6.07, 6.45) is 12.2. The Morgan fingerprint density at radius 3 is 1.73 bits per heavy atom. The number of carbonyl (C=O) groups excluding carboxylic acids is 1. The van der Waals surface area contributed by atoms with E-state index in [9.17, 15) is 4.79 Å². The normalized spacial score (nSPS) is 53.8. The van der Waals surface area contributed by atoms with Crippen molar-refractivity contribution < 1.29 is 9.53 Å². The number of unbranched alkanes of at least 4 members (excludes halogenated alkanes) is 1. The number of fused-ring (bicyclic) bond motifs is 8. The lowest BCUT2D eigenvalue weighted by Crippen LogP contribution is -2.77. The summed E-state index contributed by atoms with van der Waals surface area (Å²) in [5, 5.41) is 0. The van der Waals surface area contributed by atoms with E-state index in [1.165, 1.54) is 38.5 Å². The Bertz CT molecular complexity index is 958. The van der Waals surface area contributed by atoms with Crippen molar-refractivity contribution in [2.24, 2.45) is 73.9 Å². The average molecular weight is 511 g/mol. The van der Waals surface area contributed by atoms with Gasteiger partial charge in [-0.2, -0.15) is 0 Å². The second kappa shape index (κ2) is 7.81. The quantitative estimate of drug-likeness (QED) is 0.333. The molecule has 0 saturated heterocycles. The van der Waals surface area contributed by atoms with Gasteiger partial charge in [0.25, 0.3) is 0 Å². The summed E-state index contributed by atoms with van der Waals surface area (Å²) in [4.78, 5) is 13.2. The lowest BCUT2D eigenvalue weighted by molar-refractivity contribution is -0.346. The third-order valence-electron chi connectivity index (χ3n) is 16.1. The molecule has 2 nitrogen and oxygen atoms in total. The van der Waals surface area contributed by atoms with Gasteiger partial charge in [-0.3, -0.25) is 4.79 Å². The molecule has 9 aliphatic carbocycles. The van der Waals surface area contributed by atoms with Crippen LogP contribution in [0.15, 0.2) is 0 Å². The molecular weight excluding hydrogens is 452 g/mol. The highest BCUT2D eigenvalue weighted by atomic mass is 16.5. The van der Waals surface area contributed by atoms with Gasteiger partial charge in [-0.1, -0.05) is 75.7 Å². The zero-order chi connectivity index (χ0) is 27.0. The van der Waals surface area contributed by atoms with Crippen molar-refractivity contribution in [3.05, 3.63) is 0 Å². The van der Waals surface area contributed by atoms with Crippen LogP contribution in [0.4, 0.5) is 0 Å². The minimum absolute atomic E-state index is 0.0405. The van der Waals surface area contributed by atoms with Gasteiger partial charge in [0.1, 0.15) is 6.10 Å². The number of hydrogen-bond donors (Lipinski definition) is 0. The first kappa shape index (κ1) is 26.7. The fraction of sp³-hybridized carbons (Fsp3) is 0.971. The van der Waals surface area contributed by atoms with E-state index in [1.54, 1.807) is 0 Å². The maximum absolute atomic E-state index is 13.2. The number of ether oxygens (including phenoxy) is 1. The highest BCUT2D eigenvalue weighted by molar-refractivity contribution is 5.69. The first-order valence-electron chi connectivity index (χ1n) is 16.3. The Morgan fingerprint density at radius 2 is 1.19 bits per heavy atom. The molecule has 9 rings (SSSR count). The van der Waals surface area contributed by atoms with Crippen molar-refractivity contribution >= 4 is 5.97 Å². The van der Waals surface area contributed by atoms with Crippen molar-refractivity contribution in [1.82, 2.24) is 0 Å². The smallest absolute Gasteiger partial charge is 0.306 e. The van der Waals surface area contributed by atoms with Crippen LogP contribution in [0.5, 0.6) is 0 Å². The zero-order valence-corrected chi connectivity index (χ0v) is 26.0. The van der Waals surface area contributed by atoms with Crippen LogP contribution in [0.25, 0.3) is 0 Å². The van der Waals surface area contributed by atoms with Gasteiger partial charge in [-0.25, -0.2) is 0 Å². The first-order chi connectivity index (χ1) is 17.1. The van der Waals surface area contributed by atoms with Gasteiger partial charge in [0.2, 0.25) is 0 Å². The number of esters is 1. The molecule has 0 N–H and O–H groups in total. The molecule has 11 unspecified atom stereocenters. The number of hydrogen-bond acceptors (Lipinski definition) is 2. The Labute approximate surface area is 228 Å². The maximum atomic E-state index is 13.2. The first-order valence-corrected chi connectivity index (χ1v) is 16.3. The Kier molecular flexibility index (Phi) is 5.63. The molecule has 6 bridgehead atoms. The monoisotopic (exact) mass is 510 g/mol.